The van der Waals surface area contributed by atoms with Crippen molar-refractivity contribution in [3.8, 4) is 22.8 Å². The Labute approximate surface area is 261 Å². The van der Waals surface area contributed by atoms with E-state index in [2.05, 4.69) is 33.1 Å². The van der Waals surface area contributed by atoms with Crippen LogP contribution in [-0.4, -0.2) is 89.9 Å². The number of aliphatic hydroxyl groups is 1. The highest BCUT2D eigenvalue weighted by molar-refractivity contribution is 7.98. The first-order chi connectivity index (χ1) is 20.9. The van der Waals surface area contributed by atoms with E-state index in [-0.39, 0.29) is 24.3 Å². The van der Waals surface area contributed by atoms with Crippen molar-refractivity contribution in [1.29, 1.82) is 0 Å². The number of hydrogen-bond acceptors (Lipinski definition) is 9. The molecule has 3 aromatic rings. The Kier molecular flexibility index (Phi) is 8.64. The van der Waals surface area contributed by atoms with E-state index in [4.69, 9.17) is 9.72 Å². The summed E-state index contributed by atoms with van der Waals surface area (Å²) in [5.74, 6) is 0.260. The smallest absolute Gasteiger partial charge is 0.410 e. The highest BCUT2D eigenvalue weighted by Gasteiger charge is 2.47. The Morgan fingerprint density at radius 2 is 1.89 bits per heavy atom. The number of rotatable bonds is 7. The van der Waals surface area contributed by atoms with Gasteiger partial charge in [-0.05, 0) is 63.7 Å². The average molecular weight is 616 g/mol. The highest BCUT2D eigenvalue weighted by atomic mass is 32.2. The van der Waals surface area contributed by atoms with Gasteiger partial charge in [0.2, 0.25) is 0 Å². The van der Waals surface area contributed by atoms with Crippen LogP contribution in [0.25, 0.3) is 22.8 Å². The molecule has 0 atom stereocenters. The number of amides is 2. The summed E-state index contributed by atoms with van der Waals surface area (Å²) in [7, 11) is 0. The lowest BCUT2D eigenvalue weighted by Crippen LogP contribution is -2.55. The van der Waals surface area contributed by atoms with Crippen molar-refractivity contribution in [3.05, 3.63) is 78.6 Å². The average Bonchev–Trinajstić information content (AvgIpc) is 3.46. The fourth-order valence-electron chi connectivity index (χ4n) is 5.54. The van der Waals surface area contributed by atoms with Crippen LogP contribution in [0.2, 0.25) is 0 Å². The third-order valence-electron chi connectivity index (χ3n) is 7.64. The molecule has 0 aliphatic carbocycles. The van der Waals surface area contributed by atoms with Crippen LogP contribution in [0.5, 0.6) is 0 Å². The number of aromatic nitrogens is 5. The Balaban J connectivity index is 1.48. The number of hydrogen-bond donors (Lipinski definition) is 2. The van der Waals surface area contributed by atoms with Crippen LogP contribution in [0.4, 0.5) is 4.79 Å². The zero-order chi connectivity index (χ0) is 31.6. The van der Waals surface area contributed by atoms with Gasteiger partial charge >= 0.3 is 6.09 Å². The van der Waals surface area contributed by atoms with Crippen LogP contribution < -0.4 is 0 Å². The molecule has 1 saturated heterocycles. The Bertz CT molecular complexity index is 1620. The summed E-state index contributed by atoms with van der Waals surface area (Å²) in [5.41, 5.74) is 3.06. The summed E-state index contributed by atoms with van der Waals surface area (Å²) in [6, 6.07) is 3.64. The number of nitrogens with zero attached hydrogens (tertiary/aromatic N) is 6. The van der Waals surface area contributed by atoms with E-state index in [1.165, 1.54) is 17.8 Å². The third-order valence-corrected chi connectivity index (χ3v) is 8.21. The molecule has 5 heterocycles. The van der Waals surface area contributed by atoms with E-state index in [0.717, 1.165) is 5.69 Å². The van der Waals surface area contributed by atoms with Gasteiger partial charge in [-0.15, -0.1) is 0 Å². The normalized spacial score (nSPS) is 16.3. The van der Waals surface area contributed by atoms with E-state index in [0.29, 0.717) is 71.5 Å². The number of aliphatic hydroxyl groups excluding tert-OH is 1. The maximum Gasteiger partial charge on any atom is 0.410 e. The van der Waals surface area contributed by atoms with Gasteiger partial charge in [0.1, 0.15) is 11.4 Å². The maximum absolute atomic E-state index is 13.9. The molecule has 0 unspecified atom stereocenters. The van der Waals surface area contributed by atoms with Crippen molar-refractivity contribution in [2.45, 2.75) is 49.8 Å². The largest absolute Gasteiger partial charge is 0.509 e. The number of H-pyrrole nitrogens is 1. The fraction of sp³-hybridized carbons (Fsp3) is 0.375. The number of allylic oxidation sites excluding steroid dienone is 1. The number of carbonyl (C=O) groups excluding carboxylic acids is 2. The minimum atomic E-state index is -0.588. The van der Waals surface area contributed by atoms with Crippen molar-refractivity contribution < 1.29 is 19.4 Å². The molecule has 44 heavy (non-hydrogen) atoms. The first kappa shape index (κ1) is 31.0. The SMILES string of the molecule is C=C(O)/C=C\C(=C)CN1CC2(CCN(C(=O)OC(C)(C)C)CC2)c2[nH]c(-c3ccnc(-c4cnc(SC)nc4)n3)cc2C1=O. The molecule has 2 aliphatic heterocycles. The van der Waals surface area contributed by atoms with Gasteiger partial charge in [-0.25, -0.2) is 24.7 Å². The van der Waals surface area contributed by atoms with Gasteiger partial charge in [-0.2, -0.15) is 0 Å². The van der Waals surface area contributed by atoms with E-state index < -0.39 is 11.0 Å². The molecule has 1 fully saturated rings. The summed E-state index contributed by atoms with van der Waals surface area (Å²) < 4.78 is 5.63. The molecule has 0 saturated carbocycles. The van der Waals surface area contributed by atoms with Crippen LogP contribution >= 0.6 is 11.8 Å². The first-order valence-corrected chi connectivity index (χ1v) is 15.5. The second-order valence-corrected chi connectivity index (χ2v) is 12.9. The second kappa shape index (κ2) is 12.3. The topological polar surface area (TPSA) is 137 Å². The molecule has 11 nitrogen and oxygen atoms in total. The standard InChI is InChI=1S/C32H37N7O4S/c1-20(7-8-21(2)40)18-39-19-32(10-13-38(14-11-32)30(42)43-31(3,4)5)26-23(28(39)41)15-25(36-26)24-9-12-33-27(37-24)22-16-34-29(44-6)35-17-22/h7-9,12,15-17,36,40H,1-2,10-11,13-14,18-19H2,3-6H3/b8-7-. The molecule has 230 valence electrons. The Hall–Kier alpha value is -4.45. The molecular weight excluding hydrogens is 578 g/mol. The second-order valence-electron chi connectivity index (χ2n) is 12.1. The molecule has 1 spiro atoms. The number of thioether (sulfide) groups is 1. The molecule has 0 bridgehead atoms. The Morgan fingerprint density at radius 1 is 1.18 bits per heavy atom. The van der Waals surface area contributed by atoms with Gasteiger partial charge in [0.05, 0.1) is 22.5 Å². The minimum absolute atomic E-state index is 0.0874. The van der Waals surface area contributed by atoms with Crippen molar-refractivity contribution in [2.24, 2.45) is 0 Å². The number of carbonyl (C=O) groups is 2. The predicted octanol–water partition coefficient (Wildman–Crippen LogP) is 5.56. The molecule has 5 rings (SSSR count). The highest BCUT2D eigenvalue weighted by Crippen LogP contribution is 2.43. The van der Waals surface area contributed by atoms with Gasteiger partial charge in [0.25, 0.3) is 5.91 Å². The van der Waals surface area contributed by atoms with Crippen LogP contribution in [0, 0.1) is 0 Å². The quantitative estimate of drug-likeness (QED) is 0.151. The summed E-state index contributed by atoms with van der Waals surface area (Å²) in [4.78, 5) is 51.7. The molecule has 0 aromatic carbocycles. The number of ether oxygens (including phenoxy) is 1. The first-order valence-electron chi connectivity index (χ1n) is 14.3. The molecule has 2 amide bonds. The lowest BCUT2D eigenvalue weighted by atomic mass is 9.72. The number of nitrogens with one attached hydrogen (secondary N) is 1. The van der Waals surface area contributed by atoms with Gasteiger partial charge in [0.15, 0.2) is 11.0 Å². The van der Waals surface area contributed by atoms with Gasteiger partial charge in [0, 0.05) is 55.9 Å². The Morgan fingerprint density at radius 3 is 2.52 bits per heavy atom. The minimum Gasteiger partial charge on any atom is -0.509 e. The van der Waals surface area contributed by atoms with E-state index in [1.54, 1.807) is 40.5 Å². The van der Waals surface area contributed by atoms with Crippen molar-refractivity contribution >= 4 is 23.8 Å². The van der Waals surface area contributed by atoms with Crippen LogP contribution in [0.3, 0.4) is 0 Å². The zero-order valence-electron chi connectivity index (χ0n) is 25.5. The van der Waals surface area contributed by atoms with Gasteiger partial charge in [-0.3, -0.25) is 4.79 Å². The number of fused-ring (bicyclic) bond motifs is 2. The van der Waals surface area contributed by atoms with E-state index >= 15 is 0 Å². The zero-order valence-corrected chi connectivity index (χ0v) is 26.3. The van der Waals surface area contributed by atoms with Crippen LogP contribution in [0.1, 0.15) is 49.7 Å². The van der Waals surface area contributed by atoms with Crippen LogP contribution in [0.15, 0.2) is 72.5 Å². The summed E-state index contributed by atoms with van der Waals surface area (Å²) >= 11 is 1.45. The number of likely N-dealkylation sites (tertiary alicyclic amines) is 1. The summed E-state index contributed by atoms with van der Waals surface area (Å²) in [5, 5.41) is 10.1. The van der Waals surface area contributed by atoms with Gasteiger partial charge < -0.3 is 24.6 Å². The predicted molar refractivity (Wildman–Crippen MR) is 169 cm³/mol. The number of piperidine rings is 1. The fourth-order valence-corrected chi connectivity index (χ4v) is 5.86. The number of aromatic amines is 1. The van der Waals surface area contributed by atoms with Gasteiger partial charge in [-0.1, -0.05) is 31.0 Å². The molecule has 12 heteroatoms. The molecule has 2 N–H and O–H groups in total. The summed E-state index contributed by atoms with van der Waals surface area (Å²) in [6.45, 7) is 14.8. The van der Waals surface area contributed by atoms with Crippen LogP contribution in [-0.2, 0) is 10.2 Å². The maximum atomic E-state index is 13.9. The van der Waals surface area contributed by atoms with Crippen molar-refractivity contribution in [2.75, 3.05) is 32.4 Å². The molecular formula is C32H37N7O4S. The lowest BCUT2D eigenvalue weighted by molar-refractivity contribution is 0.0126. The molecule has 0 radical (unpaired) electrons. The summed E-state index contributed by atoms with van der Waals surface area (Å²) in [6.07, 6.45) is 11.0. The lowest BCUT2D eigenvalue weighted by Gasteiger charge is -2.47. The third kappa shape index (κ3) is 6.70. The van der Waals surface area contributed by atoms with Crippen molar-refractivity contribution in [3.63, 3.8) is 0 Å². The van der Waals surface area contributed by atoms with E-state index in [1.807, 2.05) is 33.1 Å². The van der Waals surface area contributed by atoms with Crippen molar-refractivity contribution in [1.82, 2.24) is 34.7 Å². The molecule has 3 aromatic heterocycles. The monoisotopic (exact) mass is 615 g/mol. The molecule has 2 aliphatic rings. The van der Waals surface area contributed by atoms with E-state index in [9.17, 15) is 14.7 Å².